The zero-order valence-electron chi connectivity index (χ0n) is 11.3. The first-order chi connectivity index (χ1) is 9.72. The lowest BCUT2D eigenvalue weighted by atomic mass is 9.90. The summed E-state index contributed by atoms with van der Waals surface area (Å²) in [5, 5.41) is 9.04. The van der Waals surface area contributed by atoms with E-state index in [4.69, 9.17) is 0 Å². The average Bonchev–Trinajstić information content (AvgIpc) is 2.38. The van der Waals surface area contributed by atoms with Gasteiger partial charge in [-0.15, -0.1) is 0 Å². The van der Waals surface area contributed by atoms with Crippen molar-refractivity contribution in [2.24, 2.45) is 5.92 Å². The first-order valence-electron chi connectivity index (χ1n) is 7.10. The second kappa shape index (κ2) is 5.63. The molecule has 2 saturated heterocycles. The normalized spacial score (nSPS) is 23.1. The van der Waals surface area contributed by atoms with Crippen LogP contribution in [0, 0.1) is 5.92 Å². The van der Waals surface area contributed by atoms with E-state index < -0.39 is 0 Å². The quantitative estimate of drug-likeness (QED) is 0.711. The number of benzene rings is 1. The van der Waals surface area contributed by atoms with E-state index >= 15 is 0 Å². The standard InChI is InChI=1S/C15H19N3O2/c19-14-6-5-13(15(20)18-14)11-1-3-12(4-2-11)17-9-10-7-16-8-10/h1-4,10,13,16-17H,5-9H2,(H,18,19,20). The molecular formula is C15H19N3O2. The Balaban J connectivity index is 1.60. The fraction of sp³-hybridized carbons (Fsp3) is 0.467. The van der Waals surface area contributed by atoms with Gasteiger partial charge in [0.1, 0.15) is 0 Å². The summed E-state index contributed by atoms with van der Waals surface area (Å²) in [4.78, 5) is 22.9. The highest BCUT2D eigenvalue weighted by Crippen LogP contribution is 2.25. The molecule has 1 aromatic rings. The molecule has 0 bridgehead atoms. The van der Waals surface area contributed by atoms with Gasteiger partial charge in [-0.25, -0.2) is 0 Å². The number of nitrogens with one attached hydrogen (secondary N) is 3. The molecule has 2 heterocycles. The number of piperidine rings is 1. The predicted octanol–water partition coefficient (Wildman–Crippen LogP) is 0.838. The fourth-order valence-corrected chi connectivity index (χ4v) is 2.60. The van der Waals surface area contributed by atoms with E-state index in [1.54, 1.807) is 0 Å². The lowest BCUT2D eigenvalue weighted by molar-refractivity contribution is -0.134. The van der Waals surface area contributed by atoms with E-state index in [0.717, 1.165) is 30.9 Å². The van der Waals surface area contributed by atoms with E-state index in [1.807, 2.05) is 24.3 Å². The largest absolute Gasteiger partial charge is 0.385 e. The molecule has 106 valence electrons. The van der Waals surface area contributed by atoms with Crippen LogP contribution in [-0.2, 0) is 9.59 Å². The summed E-state index contributed by atoms with van der Waals surface area (Å²) in [6, 6.07) is 7.96. The van der Waals surface area contributed by atoms with Gasteiger partial charge in [0.05, 0.1) is 5.92 Å². The van der Waals surface area contributed by atoms with Crippen LogP contribution in [0.3, 0.4) is 0 Å². The molecule has 0 aromatic heterocycles. The van der Waals surface area contributed by atoms with Crippen LogP contribution >= 0.6 is 0 Å². The zero-order valence-corrected chi connectivity index (χ0v) is 11.3. The van der Waals surface area contributed by atoms with Crippen LogP contribution in [0.15, 0.2) is 24.3 Å². The third-order valence-corrected chi connectivity index (χ3v) is 4.01. The average molecular weight is 273 g/mol. The van der Waals surface area contributed by atoms with E-state index in [9.17, 15) is 9.59 Å². The van der Waals surface area contributed by atoms with Crippen LogP contribution in [0.25, 0.3) is 0 Å². The molecule has 1 aromatic carbocycles. The molecule has 5 heteroatoms. The summed E-state index contributed by atoms with van der Waals surface area (Å²) in [7, 11) is 0. The third-order valence-electron chi connectivity index (χ3n) is 4.01. The number of hydrogen-bond acceptors (Lipinski definition) is 4. The van der Waals surface area contributed by atoms with Gasteiger partial charge in [0, 0.05) is 37.7 Å². The van der Waals surface area contributed by atoms with Crippen molar-refractivity contribution in [1.29, 1.82) is 0 Å². The predicted molar refractivity (Wildman–Crippen MR) is 76.4 cm³/mol. The fourth-order valence-electron chi connectivity index (χ4n) is 2.60. The minimum absolute atomic E-state index is 0.168. The van der Waals surface area contributed by atoms with Crippen molar-refractivity contribution in [3.63, 3.8) is 0 Å². The third kappa shape index (κ3) is 2.82. The molecule has 1 unspecified atom stereocenters. The minimum Gasteiger partial charge on any atom is -0.385 e. The number of anilines is 1. The molecule has 2 aliphatic rings. The molecule has 2 fully saturated rings. The molecule has 0 radical (unpaired) electrons. The second-order valence-electron chi connectivity index (χ2n) is 5.53. The second-order valence-corrected chi connectivity index (χ2v) is 5.53. The number of amides is 2. The molecule has 2 amide bonds. The number of rotatable bonds is 4. The van der Waals surface area contributed by atoms with Gasteiger partial charge < -0.3 is 10.6 Å². The van der Waals surface area contributed by atoms with Crippen LogP contribution in [0.4, 0.5) is 5.69 Å². The molecule has 3 N–H and O–H groups in total. The molecule has 1 atom stereocenters. The number of imide groups is 1. The van der Waals surface area contributed by atoms with Gasteiger partial charge in [0.15, 0.2) is 0 Å². The number of carbonyl (C=O) groups is 2. The number of hydrogen-bond donors (Lipinski definition) is 3. The van der Waals surface area contributed by atoms with Gasteiger partial charge >= 0.3 is 0 Å². The van der Waals surface area contributed by atoms with Crippen LogP contribution in [-0.4, -0.2) is 31.4 Å². The van der Waals surface area contributed by atoms with Gasteiger partial charge in [-0.1, -0.05) is 12.1 Å². The summed E-state index contributed by atoms with van der Waals surface area (Å²) in [6.07, 6.45) is 1.02. The lowest BCUT2D eigenvalue weighted by Crippen LogP contribution is -2.45. The Morgan fingerprint density at radius 2 is 1.90 bits per heavy atom. The Labute approximate surface area is 118 Å². The SMILES string of the molecule is O=C1CCC(c2ccc(NCC3CNC3)cc2)C(=O)N1. The molecule has 20 heavy (non-hydrogen) atoms. The molecule has 3 rings (SSSR count). The van der Waals surface area contributed by atoms with Crippen LogP contribution in [0.1, 0.15) is 24.3 Å². The maximum absolute atomic E-state index is 11.8. The van der Waals surface area contributed by atoms with Crippen molar-refractivity contribution in [3.8, 4) is 0 Å². The van der Waals surface area contributed by atoms with Crippen molar-refractivity contribution in [1.82, 2.24) is 10.6 Å². The summed E-state index contributed by atoms with van der Waals surface area (Å²) in [5.74, 6) is 0.170. The number of carbonyl (C=O) groups excluding carboxylic acids is 2. The smallest absolute Gasteiger partial charge is 0.234 e. The van der Waals surface area contributed by atoms with Crippen molar-refractivity contribution in [3.05, 3.63) is 29.8 Å². The maximum Gasteiger partial charge on any atom is 0.234 e. The minimum atomic E-state index is -0.197. The molecular weight excluding hydrogens is 254 g/mol. The highest BCUT2D eigenvalue weighted by Gasteiger charge is 2.27. The van der Waals surface area contributed by atoms with Gasteiger partial charge in [-0.2, -0.15) is 0 Å². The Morgan fingerprint density at radius 3 is 2.50 bits per heavy atom. The summed E-state index contributed by atoms with van der Waals surface area (Å²) in [6.45, 7) is 3.15. The van der Waals surface area contributed by atoms with Gasteiger partial charge in [0.2, 0.25) is 11.8 Å². The summed E-state index contributed by atoms with van der Waals surface area (Å²) >= 11 is 0. The molecule has 5 nitrogen and oxygen atoms in total. The maximum atomic E-state index is 11.8. The first kappa shape index (κ1) is 13.1. The molecule has 0 saturated carbocycles. The monoisotopic (exact) mass is 273 g/mol. The highest BCUT2D eigenvalue weighted by molar-refractivity contribution is 6.00. The van der Waals surface area contributed by atoms with Crippen molar-refractivity contribution in [2.75, 3.05) is 25.0 Å². The topological polar surface area (TPSA) is 70.2 Å². The van der Waals surface area contributed by atoms with E-state index in [1.165, 1.54) is 0 Å². The van der Waals surface area contributed by atoms with Crippen molar-refractivity contribution >= 4 is 17.5 Å². The summed E-state index contributed by atoms with van der Waals surface area (Å²) in [5.41, 5.74) is 2.05. The van der Waals surface area contributed by atoms with Gasteiger partial charge in [0.25, 0.3) is 0 Å². The molecule has 2 aliphatic heterocycles. The Hall–Kier alpha value is -1.88. The highest BCUT2D eigenvalue weighted by atomic mass is 16.2. The molecule has 0 spiro atoms. The Bertz CT molecular complexity index is 508. The lowest BCUT2D eigenvalue weighted by Gasteiger charge is -2.27. The summed E-state index contributed by atoms with van der Waals surface area (Å²) < 4.78 is 0. The van der Waals surface area contributed by atoms with E-state index in [2.05, 4.69) is 16.0 Å². The van der Waals surface area contributed by atoms with E-state index in [0.29, 0.717) is 18.8 Å². The molecule has 0 aliphatic carbocycles. The van der Waals surface area contributed by atoms with Crippen LogP contribution in [0.2, 0.25) is 0 Å². The first-order valence-corrected chi connectivity index (χ1v) is 7.10. The Morgan fingerprint density at radius 1 is 1.15 bits per heavy atom. The van der Waals surface area contributed by atoms with Crippen molar-refractivity contribution < 1.29 is 9.59 Å². The Kier molecular flexibility index (Phi) is 3.69. The van der Waals surface area contributed by atoms with Gasteiger partial charge in [-0.3, -0.25) is 14.9 Å². The van der Waals surface area contributed by atoms with E-state index in [-0.39, 0.29) is 17.7 Å². The van der Waals surface area contributed by atoms with Crippen LogP contribution in [0.5, 0.6) is 0 Å². The van der Waals surface area contributed by atoms with Gasteiger partial charge in [-0.05, 0) is 24.1 Å². The zero-order chi connectivity index (χ0) is 13.9. The van der Waals surface area contributed by atoms with Crippen LogP contribution < -0.4 is 16.0 Å². The van der Waals surface area contributed by atoms with Crippen molar-refractivity contribution in [2.45, 2.75) is 18.8 Å².